The molecule has 0 aromatic carbocycles. The van der Waals surface area contributed by atoms with Gasteiger partial charge in [0.15, 0.2) is 6.61 Å². The van der Waals surface area contributed by atoms with Crippen molar-refractivity contribution in [1.82, 2.24) is 4.90 Å². The lowest BCUT2D eigenvalue weighted by molar-refractivity contribution is -0.555. The highest BCUT2D eigenvalue weighted by Crippen LogP contribution is 2.56. The number of allylic oxidation sites excluding steroid dienone is 1. The van der Waals surface area contributed by atoms with Crippen molar-refractivity contribution in [3.05, 3.63) is 12.0 Å². The fraction of sp³-hybridized carbons (Fsp3) is 0.800. The highest BCUT2D eigenvalue weighted by atomic mass is 19.4. The molecule has 0 amide bonds. The van der Waals surface area contributed by atoms with E-state index in [1.165, 1.54) is 0 Å². The lowest BCUT2D eigenvalue weighted by Gasteiger charge is -2.46. The maximum atomic E-state index is 13.3. The highest BCUT2D eigenvalue weighted by Gasteiger charge is 2.82. The largest absolute Gasteiger partial charge is 0.481 e. The first-order valence-corrected chi connectivity index (χ1v) is 6.18. The predicted molar refractivity (Wildman–Crippen MR) is 53.8 cm³/mol. The first kappa shape index (κ1) is 24.3. The molecular weight excluding hydrogens is 451 g/mol. The molecule has 166 valence electrons. The monoisotopic (exact) mass is 455 g/mol. The molecule has 0 spiro atoms. The number of nitrogens with zero attached hydrogens (tertiary/aromatic N) is 1. The third kappa shape index (κ3) is 4.14. The quantitative estimate of drug-likeness (QED) is 0.331. The average molecular weight is 455 g/mol. The minimum Gasteiger partial charge on any atom is -0.481 e. The van der Waals surface area contributed by atoms with Gasteiger partial charge in [-0.15, -0.1) is 0 Å². The summed E-state index contributed by atoms with van der Waals surface area (Å²) in [6, 6.07) is -13.2. The molecule has 1 fully saturated rings. The molecule has 1 heterocycles. The van der Waals surface area contributed by atoms with Gasteiger partial charge in [-0.25, -0.2) is 18.4 Å². The summed E-state index contributed by atoms with van der Waals surface area (Å²) in [6.45, 7) is -2.95. The van der Waals surface area contributed by atoms with E-state index in [1.807, 2.05) is 4.74 Å². The lowest BCUT2D eigenvalue weighted by atomic mass is 10.2. The SMILES string of the molecule is FC(F)C(F)(F)COC(=CN1C(F)(F)C(F)(F)OC(F)(F)C1(F)F)C(F)(F)F. The van der Waals surface area contributed by atoms with E-state index in [1.54, 1.807) is 0 Å². The van der Waals surface area contributed by atoms with Gasteiger partial charge in [-0.1, -0.05) is 0 Å². The van der Waals surface area contributed by atoms with Gasteiger partial charge in [-0.05, 0) is 0 Å². The summed E-state index contributed by atoms with van der Waals surface area (Å²) in [5, 5.41) is 0. The lowest BCUT2D eigenvalue weighted by Crippen LogP contribution is -2.72. The van der Waals surface area contributed by atoms with Gasteiger partial charge in [0.2, 0.25) is 5.76 Å². The highest BCUT2D eigenvalue weighted by molar-refractivity contribution is 5.08. The van der Waals surface area contributed by atoms with Crippen molar-refractivity contribution in [2.45, 2.75) is 42.8 Å². The first-order valence-electron chi connectivity index (χ1n) is 6.18. The Morgan fingerprint density at radius 1 is 0.857 bits per heavy atom. The molecule has 0 N–H and O–H groups in total. The van der Waals surface area contributed by atoms with Gasteiger partial charge in [0.1, 0.15) is 0 Å². The zero-order chi connectivity index (χ0) is 22.6. The molecule has 0 saturated carbocycles. The van der Waals surface area contributed by atoms with Crippen LogP contribution in [0.1, 0.15) is 0 Å². The van der Waals surface area contributed by atoms with Crippen LogP contribution in [0.15, 0.2) is 12.0 Å². The zero-order valence-corrected chi connectivity index (χ0v) is 12.3. The minimum atomic E-state index is -6.59. The molecule has 1 aliphatic heterocycles. The number of ether oxygens (including phenoxy) is 2. The molecule has 0 atom stereocenters. The third-order valence-electron chi connectivity index (χ3n) is 2.83. The Labute approximate surface area is 143 Å². The van der Waals surface area contributed by atoms with Crippen LogP contribution in [0.25, 0.3) is 0 Å². The Balaban J connectivity index is 3.48. The van der Waals surface area contributed by atoms with Crippen LogP contribution in [0.2, 0.25) is 0 Å². The van der Waals surface area contributed by atoms with E-state index in [0.717, 1.165) is 0 Å². The van der Waals surface area contributed by atoms with Crippen LogP contribution < -0.4 is 0 Å². The molecule has 1 aliphatic rings. The van der Waals surface area contributed by atoms with E-state index < -0.39 is 66.3 Å². The van der Waals surface area contributed by atoms with Gasteiger partial charge in [0.25, 0.3) is 0 Å². The number of hydrogen-bond donors (Lipinski definition) is 0. The third-order valence-corrected chi connectivity index (χ3v) is 2.83. The molecule has 3 nitrogen and oxygen atoms in total. The number of halogens is 15. The van der Waals surface area contributed by atoms with Crippen molar-refractivity contribution in [2.75, 3.05) is 6.61 Å². The second-order valence-electron chi connectivity index (χ2n) is 4.93. The topological polar surface area (TPSA) is 21.7 Å². The summed E-state index contributed by atoms with van der Waals surface area (Å²) >= 11 is 0. The molecule has 0 aromatic rings. The Kier molecular flexibility index (Phi) is 5.77. The molecule has 18 heteroatoms. The molecule has 0 unspecified atom stereocenters. The van der Waals surface area contributed by atoms with Crippen LogP contribution >= 0.6 is 0 Å². The van der Waals surface area contributed by atoms with E-state index >= 15 is 0 Å². The Morgan fingerprint density at radius 2 is 1.25 bits per heavy atom. The van der Waals surface area contributed by atoms with Gasteiger partial charge in [-0.3, -0.25) is 0 Å². The van der Waals surface area contributed by atoms with Crippen molar-refractivity contribution in [3.63, 3.8) is 0 Å². The van der Waals surface area contributed by atoms with Crippen LogP contribution in [-0.2, 0) is 9.47 Å². The van der Waals surface area contributed by atoms with Crippen molar-refractivity contribution in [2.24, 2.45) is 0 Å². The number of rotatable bonds is 5. The van der Waals surface area contributed by atoms with Gasteiger partial charge >= 0.3 is 42.8 Å². The zero-order valence-electron chi connectivity index (χ0n) is 12.3. The van der Waals surface area contributed by atoms with Gasteiger partial charge in [0.05, 0.1) is 6.20 Å². The first-order chi connectivity index (χ1) is 12.1. The van der Waals surface area contributed by atoms with Crippen LogP contribution in [0.5, 0.6) is 0 Å². The molecule has 1 saturated heterocycles. The molecule has 0 aromatic heterocycles. The van der Waals surface area contributed by atoms with E-state index in [-0.39, 0.29) is 0 Å². The van der Waals surface area contributed by atoms with Crippen LogP contribution in [-0.4, -0.2) is 54.3 Å². The van der Waals surface area contributed by atoms with Crippen LogP contribution in [0, 0.1) is 0 Å². The van der Waals surface area contributed by atoms with Gasteiger partial charge in [0, 0.05) is 0 Å². The maximum absolute atomic E-state index is 13.3. The second kappa shape index (κ2) is 6.65. The maximum Gasteiger partial charge on any atom is 0.450 e. The summed E-state index contributed by atoms with van der Waals surface area (Å²) in [4.78, 5) is -2.83. The van der Waals surface area contributed by atoms with E-state index in [4.69, 9.17) is 0 Å². The summed E-state index contributed by atoms with van der Waals surface area (Å²) in [5.41, 5.74) is 0. The Morgan fingerprint density at radius 3 is 1.57 bits per heavy atom. The van der Waals surface area contributed by atoms with Crippen molar-refractivity contribution in [1.29, 1.82) is 0 Å². The molecular formula is C10H4F15NO2. The van der Waals surface area contributed by atoms with Crippen molar-refractivity contribution < 1.29 is 75.3 Å². The normalized spacial score (nSPS) is 24.4. The van der Waals surface area contributed by atoms with E-state index in [9.17, 15) is 65.9 Å². The molecule has 0 radical (unpaired) electrons. The summed E-state index contributed by atoms with van der Waals surface area (Å²) in [7, 11) is 0. The smallest absolute Gasteiger partial charge is 0.450 e. The Hall–Kier alpha value is -1.75. The van der Waals surface area contributed by atoms with E-state index in [0.29, 0.717) is 0 Å². The van der Waals surface area contributed by atoms with E-state index in [2.05, 4.69) is 4.74 Å². The fourth-order valence-corrected chi connectivity index (χ4v) is 1.45. The number of hydrogen-bond acceptors (Lipinski definition) is 3. The number of alkyl halides is 15. The number of morpholine rings is 1. The molecule has 0 bridgehead atoms. The average Bonchev–Trinajstić information content (AvgIpc) is 2.42. The van der Waals surface area contributed by atoms with Crippen molar-refractivity contribution in [3.8, 4) is 0 Å². The minimum absolute atomic E-state index is 1.88. The summed E-state index contributed by atoms with van der Waals surface area (Å²) < 4.78 is 197. The fourth-order valence-electron chi connectivity index (χ4n) is 1.45. The van der Waals surface area contributed by atoms with Crippen LogP contribution in [0.3, 0.4) is 0 Å². The predicted octanol–water partition coefficient (Wildman–Crippen LogP) is 5.01. The standard InChI is InChI=1S/C10H4F15NO2/c11-4(12)5(13,14)2-27-3(6(15,16)17)1-26-7(18,19)9(22,23)28-10(24,25)8(26,20)21/h1,4H,2H2. The molecule has 0 aliphatic carbocycles. The molecule has 1 rings (SSSR count). The van der Waals surface area contributed by atoms with Crippen molar-refractivity contribution >= 4 is 0 Å². The van der Waals surface area contributed by atoms with Gasteiger partial charge < -0.3 is 4.74 Å². The molecule has 28 heavy (non-hydrogen) atoms. The van der Waals surface area contributed by atoms with Gasteiger partial charge in [-0.2, -0.15) is 57.1 Å². The second-order valence-corrected chi connectivity index (χ2v) is 4.93. The van der Waals surface area contributed by atoms with Crippen LogP contribution in [0.4, 0.5) is 65.9 Å². The summed E-state index contributed by atoms with van der Waals surface area (Å²) in [6.07, 6.45) is -25.9. The Bertz CT molecular complexity index is 584. The summed E-state index contributed by atoms with van der Waals surface area (Å²) in [5.74, 6) is -8.78.